The van der Waals surface area contributed by atoms with Crippen molar-refractivity contribution < 1.29 is 9.13 Å². The zero-order valence-corrected chi connectivity index (χ0v) is 23.0. The molecule has 0 aromatic heterocycles. The molecule has 3 rings (SSSR count). The van der Waals surface area contributed by atoms with Crippen molar-refractivity contribution in [2.24, 2.45) is 17.8 Å². The van der Waals surface area contributed by atoms with Gasteiger partial charge in [-0.15, -0.1) is 0 Å². The number of allylic oxidation sites excluding steroid dienone is 2. The van der Waals surface area contributed by atoms with Crippen LogP contribution in [0.25, 0.3) is 0 Å². The Balaban J connectivity index is 1.28. The van der Waals surface area contributed by atoms with Gasteiger partial charge in [0.2, 0.25) is 0 Å². The van der Waals surface area contributed by atoms with Crippen molar-refractivity contribution in [3.8, 4) is 5.75 Å². The Hall–Kier alpha value is -1.31. The minimum Gasteiger partial charge on any atom is -0.491 e. The molecule has 0 bridgehead atoms. The third kappa shape index (κ3) is 10.7. The van der Waals surface area contributed by atoms with Crippen LogP contribution in [-0.4, -0.2) is 6.61 Å². The van der Waals surface area contributed by atoms with Gasteiger partial charge in [-0.3, -0.25) is 0 Å². The Morgan fingerprint density at radius 1 is 0.771 bits per heavy atom. The molecular weight excluding hydrogens is 431 g/mol. The Labute approximate surface area is 216 Å². The summed E-state index contributed by atoms with van der Waals surface area (Å²) in [6.07, 6.45) is 27.7. The average Bonchev–Trinajstić information content (AvgIpc) is 2.89. The summed E-state index contributed by atoms with van der Waals surface area (Å²) in [7, 11) is 0. The highest BCUT2D eigenvalue weighted by Crippen LogP contribution is 2.37. The van der Waals surface area contributed by atoms with Crippen LogP contribution >= 0.6 is 0 Å². The Bertz CT molecular complexity index is 731. The SMILES string of the molecule is CCCCCCC1CCC(CCC2CC=C(CCc3ccc(OCCCCC)c(F)c3)CC2)CC1. The molecule has 198 valence electrons. The number of hydrogen-bond donors (Lipinski definition) is 0. The molecule has 2 aliphatic carbocycles. The van der Waals surface area contributed by atoms with Crippen molar-refractivity contribution in [2.45, 2.75) is 136 Å². The first kappa shape index (κ1) is 28.3. The van der Waals surface area contributed by atoms with Gasteiger partial charge in [-0.25, -0.2) is 4.39 Å². The van der Waals surface area contributed by atoms with Gasteiger partial charge >= 0.3 is 0 Å². The lowest BCUT2D eigenvalue weighted by molar-refractivity contribution is 0.234. The highest BCUT2D eigenvalue weighted by molar-refractivity contribution is 5.30. The lowest BCUT2D eigenvalue weighted by atomic mass is 9.76. The summed E-state index contributed by atoms with van der Waals surface area (Å²) in [6, 6.07) is 5.55. The van der Waals surface area contributed by atoms with E-state index in [2.05, 4.69) is 19.9 Å². The molecule has 0 heterocycles. The predicted octanol–water partition coefficient (Wildman–Crippen LogP) is 10.6. The van der Waals surface area contributed by atoms with E-state index in [-0.39, 0.29) is 5.82 Å². The average molecular weight is 485 g/mol. The molecule has 0 N–H and O–H groups in total. The monoisotopic (exact) mass is 484 g/mol. The fourth-order valence-electron chi connectivity index (χ4n) is 6.23. The minimum atomic E-state index is -0.206. The summed E-state index contributed by atoms with van der Waals surface area (Å²) in [4.78, 5) is 0. The summed E-state index contributed by atoms with van der Waals surface area (Å²) < 4.78 is 20.0. The van der Waals surface area contributed by atoms with Gasteiger partial charge in [0.05, 0.1) is 6.61 Å². The molecule has 1 nitrogen and oxygen atoms in total. The van der Waals surface area contributed by atoms with Gasteiger partial charge in [0, 0.05) is 0 Å². The van der Waals surface area contributed by atoms with Crippen LogP contribution in [0.3, 0.4) is 0 Å². The molecule has 1 aromatic carbocycles. The number of rotatable bonds is 16. The molecular formula is C33H53FO. The molecule has 1 aromatic rings. The second-order valence-electron chi connectivity index (χ2n) is 11.6. The van der Waals surface area contributed by atoms with Crippen LogP contribution in [0.15, 0.2) is 29.8 Å². The van der Waals surface area contributed by atoms with E-state index in [1.165, 1.54) is 89.9 Å². The molecule has 2 heteroatoms. The molecule has 0 saturated heterocycles. The van der Waals surface area contributed by atoms with Crippen molar-refractivity contribution in [3.05, 3.63) is 41.2 Å². The quantitative estimate of drug-likeness (QED) is 0.167. The Morgan fingerprint density at radius 2 is 1.49 bits per heavy atom. The zero-order chi connectivity index (χ0) is 24.7. The molecule has 0 aliphatic heterocycles. The summed E-state index contributed by atoms with van der Waals surface area (Å²) in [6.45, 7) is 5.08. The topological polar surface area (TPSA) is 9.23 Å². The molecule has 1 fully saturated rings. The third-order valence-corrected chi connectivity index (χ3v) is 8.77. The van der Waals surface area contributed by atoms with Crippen LogP contribution in [0.1, 0.15) is 135 Å². The van der Waals surface area contributed by atoms with Crippen molar-refractivity contribution in [1.29, 1.82) is 0 Å². The minimum absolute atomic E-state index is 0.206. The van der Waals surface area contributed by atoms with Gasteiger partial charge in [0.1, 0.15) is 0 Å². The first-order chi connectivity index (χ1) is 17.2. The molecule has 1 atom stereocenters. The number of ether oxygens (including phenoxy) is 1. The predicted molar refractivity (Wildman–Crippen MR) is 149 cm³/mol. The summed E-state index contributed by atoms with van der Waals surface area (Å²) in [5.41, 5.74) is 2.68. The van der Waals surface area contributed by atoms with Gasteiger partial charge in [-0.05, 0) is 80.4 Å². The van der Waals surface area contributed by atoms with E-state index in [4.69, 9.17) is 4.74 Å². The van der Waals surface area contributed by atoms with Crippen LogP contribution in [0.4, 0.5) is 4.39 Å². The molecule has 0 radical (unpaired) electrons. The standard InChI is InChI=1S/C33H53FO/c1-3-5-7-8-10-27-11-13-28(14-12-27)15-16-29-17-19-30(20-18-29)21-22-31-23-24-33(32(34)26-31)35-25-9-6-4-2/h19,23-24,26-29H,3-18,20-22,25H2,1-2H3. The zero-order valence-electron chi connectivity index (χ0n) is 23.0. The lowest BCUT2D eigenvalue weighted by Gasteiger charge is -2.30. The van der Waals surface area contributed by atoms with Crippen molar-refractivity contribution in [3.63, 3.8) is 0 Å². The van der Waals surface area contributed by atoms with E-state index in [0.717, 1.165) is 55.4 Å². The van der Waals surface area contributed by atoms with Crippen molar-refractivity contribution >= 4 is 0 Å². The number of halogens is 1. The third-order valence-electron chi connectivity index (χ3n) is 8.77. The molecule has 1 saturated carbocycles. The molecule has 35 heavy (non-hydrogen) atoms. The largest absolute Gasteiger partial charge is 0.491 e. The highest BCUT2D eigenvalue weighted by atomic mass is 19.1. The summed E-state index contributed by atoms with van der Waals surface area (Å²) in [5.74, 6) is 3.13. The first-order valence-electron chi connectivity index (χ1n) is 15.3. The fraction of sp³-hybridized carbons (Fsp3) is 0.758. The van der Waals surface area contributed by atoms with Gasteiger partial charge in [-0.1, -0.05) is 109 Å². The number of aryl methyl sites for hydroxylation is 1. The number of unbranched alkanes of at least 4 members (excludes halogenated alkanes) is 5. The van der Waals surface area contributed by atoms with Crippen LogP contribution in [0.2, 0.25) is 0 Å². The van der Waals surface area contributed by atoms with E-state index in [9.17, 15) is 4.39 Å². The Morgan fingerprint density at radius 3 is 2.17 bits per heavy atom. The Kier molecular flexibility index (Phi) is 13.3. The van der Waals surface area contributed by atoms with E-state index in [1.54, 1.807) is 11.6 Å². The maximum Gasteiger partial charge on any atom is 0.165 e. The smallest absolute Gasteiger partial charge is 0.165 e. The summed E-state index contributed by atoms with van der Waals surface area (Å²) in [5, 5.41) is 0. The van der Waals surface area contributed by atoms with Crippen LogP contribution in [0.5, 0.6) is 5.75 Å². The van der Waals surface area contributed by atoms with E-state index < -0.39 is 0 Å². The molecule has 0 amide bonds. The maximum atomic E-state index is 14.4. The lowest BCUT2D eigenvalue weighted by Crippen LogP contribution is -2.16. The second-order valence-corrected chi connectivity index (χ2v) is 11.6. The second kappa shape index (κ2) is 16.4. The first-order valence-corrected chi connectivity index (χ1v) is 15.3. The van der Waals surface area contributed by atoms with Crippen molar-refractivity contribution in [1.82, 2.24) is 0 Å². The number of hydrogen-bond acceptors (Lipinski definition) is 1. The molecule has 0 spiro atoms. The van der Waals surface area contributed by atoms with E-state index >= 15 is 0 Å². The van der Waals surface area contributed by atoms with E-state index in [1.807, 2.05) is 12.1 Å². The van der Waals surface area contributed by atoms with Gasteiger partial charge < -0.3 is 4.74 Å². The summed E-state index contributed by atoms with van der Waals surface area (Å²) >= 11 is 0. The molecule has 1 unspecified atom stereocenters. The fourth-order valence-corrected chi connectivity index (χ4v) is 6.23. The van der Waals surface area contributed by atoms with Crippen molar-refractivity contribution in [2.75, 3.05) is 6.61 Å². The highest BCUT2D eigenvalue weighted by Gasteiger charge is 2.22. The van der Waals surface area contributed by atoms with Gasteiger partial charge in [0.15, 0.2) is 11.6 Å². The van der Waals surface area contributed by atoms with Crippen LogP contribution in [0, 0.1) is 23.6 Å². The normalized spacial score (nSPS) is 22.7. The molecule has 2 aliphatic rings. The van der Waals surface area contributed by atoms with Crippen LogP contribution in [-0.2, 0) is 6.42 Å². The van der Waals surface area contributed by atoms with E-state index in [0.29, 0.717) is 12.4 Å². The van der Waals surface area contributed by atoms with Gasteiger partial charge in [0.25, 0.3) is 0 Å². The maximum absolute atomic E-state index is 14.4. The van der Waals surface area contributed by atoms with Crippen LogP contribution < -0.4 is 4.74 Å². The number of benzene rings is 1. The van der Waals surface area contributed by atoms with Gasteiger partial charge in [-0.2, -0.15) is 0 Å².